The van der Waals surface area contributed by atoms with Crippen molar-refractivity contribution < 1.29 is 4.79 Å². The van der Waals surface area contributed by atoms with E-state index in [-0.39, 0.29) is 11.9 Å². The Bertz CT molecular complexity index is 408. The number of aromatic nitrogens is 1. The molecule has 0 unspecified atom stereocenters. The Morgan fingerprint density at radius 1 is 1.63 bits per heavy atom. The van der Waals surface area contributed by atoms with Crippen LogP contribution in [0.15, 0.2) is 24.5 Å². The van der Waals surface area contributed by atoms with Gasteiger partial charge in [0.1, 0.15) is 0 Å². The van der Waals surface area contributed by atoms with Crippen molar-refractivity contribution in [1.29, 1.82) is 0 Å². The predicted molar refractivity (Wildman–Crippen MR) is 78.8 cm³/mol. The van der Waals surface area contributed by atoms with Crippen molar-refractivity contribution in [2.45, 2.75) is 37.9 Å². The van der Waals surface area contributed by atoms with Crippen LogP contribution in [0.2, 0.25) is 0 Å². The van der Waals surface area contributed by atoms with Crippen LogP contribution < -0.4 is 5.73 Å². The summed E-state index contributed by atoms with van der Waals surface area (Å²) in [6, 6.07) is 3.92. The number of carbonyl (C=O) groups is 1. The van der Waals surface area contributed by atoms with E-state index in [1.807, 2.05) is 29.5 Å². The molecule has 1 aromatic rings. The van der Waals surface area contributed by atoms with Gasteiger partial charge in [0.2, 0.25) is 5.91 Å². The number of hydrogen-bond acceptors (Lipinski definition) is 4. The lowest BCUT2D eigenvalue weighted by molar-refractivity contribution is -0.133. The average molecular weight is 279 g/mol. The molecule has 0 aromatic carbocycles. The predicted octanol–water partition coefficient (Wildman–Crippen LogP) is 1.65. The molecular formula is C14H21N3OS. The number of carbonyl (C=O) groups excluding carboxylic acids is 1. The first-order valence-electron chi connectivity index (χ1n) is 6.66. The minimum absolute atomic E-state index is 0.0837. The summed E-state index contributed by atoms with van der Waals surface area (Å²) in [6.07, 6.45) is 8.54. The van der Waals surface area contributed by atoms with Crippen molar-refractivity contribution in [1.82, 2.24) is 9.88 Å². The molecule has 0 bridgehead atoms. The number of hydrogen-bond donors (Lipinski definition) is 1. The normalized spacial score (nSPS) is 16.1. The second-order valence-corrected chi connectivity index (χ2v) is 5.93. The fourth-order valence-electron chi connectivity index (χ4n) is 2.04. The lowest BCUT2D eigenvalue weighted by Crippen LogP contribution is -2.44. The maximum absolute atomic E-state index is 12.4. The van der Waals surface area contributed by atoms with Crippen LogP contribution in [0.4, 0.5) is 0 Å². The Labute approximate surface area is 118 Å². The largest absolute Gasteiger partial charge is 0.334 e. The molecule has 2 N–H and O–H groups in total. The first kappa shape index (κ1) is 14.3. The Morgan fingerprint density at radius 2 is 2.42 bits per heavy atom. The Morgan fingerprint density at radius 3 is 3.00 bits per heavy atom. The molecule has 1 aliphatic carbocycles. The van der Waals surface area contributed by atoms with E-state index in [0.717, 1.165) is 30.6 Å². The summed E-state index contributed by atoms with van der Waals surface area (Å²) in [4.78, 5) is 18.4. The lowest BCUT2D eigenvalue weighted by Gasteiger charge is -2.25. The van der Waals surface area contributed by atoms with E-state index in [0.29, 0.717) is 12.6 Å². The van der Waals surface area contributed by atoms with Gasteiger partial charge in [0.25, 0.3) is 0 Å². The standard InChI is InChI=1S/C14H21N3OS/c1-19-8-6-13(15)14(18)17(12-4-5-12)10-11-3-2-7-16-9-11/h2-3,7,9,12-13H,4-6,8,10,15H2,1H3/t13-/m1/s1. The van der Waals surface area contributed by atoms with E-state index in [1.165, 1.54) is 0 Å². The van der Waals surface area contributed by atoms with Gasteiger partial charge in [-0.15, -0.1) is 0 Å². The minimum atomic E-state index is -0.371. The van der Waals surface area contributed by atoms with E-state index < -0.39 is 0 Å². The Balaban J connectivity index is 1.97. The summed E-state index contributed by atoms with van der Waals surface area (Å²) >= 11 is 1.73. The van der Waals surface area contributed by atoms with Crippen LogP contribution in [0.1, 0.15) is 24.8 Å². The molecule has 1 amide bonds. The SMILES string of the molecule is CSCC[C@@H](N)C(=O)N(Cc1cccnc1)C1CC1. The lowest BCUT2D eigenvalue weighted by atomic mass is 10.2. The summed E-state index contributed by atoms with van der Waals surface area (Å²) in [5, 5.41) is 0. The Hall–Kier alpha value is -1.07. The second kappa shape index (κ2) is 6.91. The van der Waals surface area contributed by atoms with Gasteiger partial charge in [-0.1, -0.05) is 6.07 Å². The number of amides is 1. The molecule has 0 radical (unpaired) electrons. The highest BCUT2D eigenvalue weighted by atomic mass is 32.2. The Kier molecular flexibility index (Phi) is 5.22. The van der Waals surface area contributed by atoms with Crippen molar-refractivity contribution in [3.05, 3.63) is 30.1 Å². The van der Waals surface area contributed by atoms with Crippen molar-refractivity contribution in [2.24, 2.45) is 5.73 Å². The molecule has 1 aliphatic rings. The molecule has 1 heterocycles. The van der Waals surface area contributed by atoms with Gasteiger partial charge in [-0.2, -0.15) is 11.8 Å². The maximum Gasteiger partial charge on any atom is 0.240 e. The summed E-state index contributed by atoms with van der Waals surface area (Å²) in [7, 11) is 0. The van der Waals surface area contributed by atoms with Crippen LogP contribution in [-0.2, 0) is 11.3 Å². The number of nitrogens with zero attached hydrogens (tertiary/aromatic N) is 2. The van der Waals surface area contributed by atoms with E-state index in [1.54, 1.807) is 18.0 Å². The van der Waals surface area contributed by atoms with Crippen molar-refractivity contribution in [2.75, 3.05) is 12.0 Å². The van der Waals surface area contributed by atoms with Crippen LogP contribution in [0, 0.1) is 0 Å². The van der Waals surface area contributed by atoms with Crippen LogP contribution in [-0.4, -0.2) is 39.9 Å². The average Bonchev–Trinajstić information content (AvgIpc) is 3.27. The second-order valence-electron chi connectivity index (χ2n) is 4.95. The fourth-order valence-corrected chi connectivity index (χ4v) is 2.53. The van der Waals surface area contributed by atoms with E-state index in [9.17, 15) is 4.79 Å². The third kappa shape index (κ3) is 4.21. The highest BCUT2D eigenvalue weighted by molar-refractivity contribution is 7.98. The topological polar surface area (TPSA) is 59.2 Å². The number of thioether (sulfide) groups is 1. The van der Waals surface area contributed by atoms with Crippen molar-refractivity contribution in [3.63, 3.8) is 0 Å². The van der Waals surface area contributed by atoms with Crippen LogP contribution >= 0.6 is 11.8 Å². The summed E-state index contributed by atoms with van der Waals surface area (Å²) in [6.45, 7) is 0.629. The molecule has 2 rings (SSSR count). The van der Waals surface area contributed by atoms with Crippen LogP contribution in [0.5, 0.6) is 0 Å². The van der Waals surface area contributed by atoms with Gasteiger partial charge < -0.3 is 10.6 Å². The molecule has 104 valence electrons. The van der Waals surface area contributed by atoms with Crippen LogP contribution in [0.25, 0.3) is 0 Å². The minimum Gasteiger partial charge on any atom is -0.334 e. The molecule has 0 saturated heterocycles. The summed E-state index contributed by atoms with van der Waals surface area (Å²) in [5.74, 6) is 1.01. The zero-order valence-corrected chi connectivity index (χ0v) is 12.1. The van der Waals surface area contributed by atoms with E-state index in [2.05, 4.69) is 4.98 Å². The zero-order chi connectivity index (χ0) is 13.7. The smallest absolute Gasteiger partial charge is 0.240 e. The first-order valence-corrected chi connectivity index (χ1v) is 8.05. The molecule has 1 aromatic heterocycles. The van der Waals surface area contributed by atoms with Gasteiger partial charge in [-0.05, 0) is 42.9 Å². The van der Waals surface area contributed by atoms with Gasteiger partial charge in [-0.25, -0.2) is 0 Å². The monoisotopic (exact) mass is 279 g/mol. The maximum atomic E-state index is 12.4. The molecule has 1 fully saturated rings. The third-order valence-corrected chi connectivity index (χ3v) is 3.94. The van der Waals surface area contributed by atoms with Gasteiger partial charge in [0, 0.05) is 25.0 Å². The molecule has 19 heavy (non-hydrogen) atoms. The first-order chi connectivity index (χ1) is 9.22. The fraction of sp³-hybridized carbons (Fsp3) is 0.571. The quantitative estimate of drug-likeness (QED) is 0.824. The van der Waals surface area contributed by atoms with Crippen LogP contribution in [0.3, 0.4) is 0 Å². The molecule has 0 aliphatic heterocycles. The third-order valence-electron chi connectivity index (χ3n) is 3.30. The van der Waals surface area contributed by atoms with Crippen molar-refractivity contribution >= 4 is 17.7 Å². The van der Waals surface area contributed by atoms with Crippen molar-refractivity contribution in [3.8, 4) is 0 Å². The zero-order valence-electron chi connectivity index (χ0n) is 11.3. The molecule has 0 spiro atoms. The molecule has 1 atom stereocenters. The van der Waals surface area contributed by atoms with E-state index >= 15 is 0 Å². The highest BCUT2D eigenvalue weighted by Gasteiger charge is 2.34. The van der Waals surface area contributed by atoms with Gasteiger partial charge in [0.15, 0.2) is 0 Å². The number of pyridine rings is 1. The molecular weight excluding hydrogens is 258 g/mol. The van der Waals surface area contributed by atoms with E-state index in [4.69, 9.17) is 5.73 Å². The van der Waals surface area contributed by atoms with Gasteiger partial charge in [-0.3, -0.25) is 9.78 Å². The van der Waals surface area contributed by atoms with Gasteiger partial charge >= 0.3 is 0 Å². The summed E-state index contributed by atoms with van der Waals surface area (Å²) < 4.78 is 0. The highest BCUT2D eigenvalue weighted by Crippen LogP contribution is 2.29. The molecule has 5 heteroatoms. The number of rotatable bonds is 7. The molecule has 4 nitrogen and oxygen atoms in total. The summed E-state index contributed by atoms with van der Waals surface area (Å²) in [5.41, 5.74) is 7.07. The van der Waals surface area contributed by atoms with Gasteiger partial charge in [0.05, 0.1) is 6.04 Å². The number of nitrogens with two attached hydrogens (primary N) is 1. The molecule has 1 saturated carbocycles.